The molecule has 19 heavy (non-hydrogen) atoms. The van der Waals surface area contributed by atoms with Crippen molar-refractivity contribution in [2.75, 3.05) is 25.6 Å². The summed E-state index contributed by atoms with van der Waals surface area (Å²) in [4.78, 5) is 14.2. The van der Waals surface area contributed by atoms with Gasteiger partial charge in [-0.25, -0.2) is 0 Å². The van der Waals surface area contributed by atoms with Crippen molar-refractivity contribution in [2.45, 2.75) is 32.1 Å². The Bertz CT molecular complexity index is 431. The Morgan fingerprint density at radius 2 is 2.05 bits per heavy atom. The molecule has 2 rings (SSSR count). The number of hydrogen-bond acceptors (Lipinski definition) is 3. The fraction of sp³-hybridized carbons (Fsp3) is 0.562. The lowest BCUT2D eigenvalue weighted by molar-refractivity contribution is -0.122. The summed E-state index contributed by atoms with van der Waals surface area (Å²) < 4.78 is 5.38. The Labute approximate surface area is 115 Å². The van der Waals surface area contributed by atoms with E-state index in [1.165, 1.54) is 12.8 Å². The summed E-state index contributed by atoms with van der Waals surface area (Å²) in [6, 6.07) is 7.97. The molecule has 104 valence electrons. The standard InChI is InChI=1S/C16H23NO2/c1-17(14-9-6-7-11-16(14)19-2)12-13-8-4-3-5-10-15(13)18/h6-7,9,11,13H,3-5,8,10,12H2,1-2H3. The van der Waals surface area contributed by atoms with Gasteiger partial charge in [0.2, 0.25) is 0 Å². The highest BCUT2D eigenvalue weighted by Crippen LogP contribution is 2.29. The van der Waals surface area contributed by atoms with Crippen LogP contribution in [0.3, 0.4) is 0 Å². The van der Waals surface area contributed by atoms with Gasteiger partial charge in [0.25, 0.3) is 0 Å². The number of para-hydroxylation sites is 2. The summed E-state index contributed by atoms with van der Waals surface area (Å²) in [5.74, 6) is 1.47. The minimum Gasteiger partial charge on any atom is -0.495 e. The van der Waals surface area contributed by atoms with E-state index in [0.29, 0.717) is 5.78 Å². The van der Waals surface area contributed by atoms with Gasteiger partial charge < -0.3 is 9.64 Å². The Hall–Kier alpha value is -1.51. The quantitative estimate of drug-likeness (QED) is 0.779. The summed E-state index contributed by atoms with van der Waals surface area (Å²) in [5.41, 5.74) is 1.06. The molecule has 0 aliphatic heterocycles. The largest absolute Gasteiger partial charge is 0.495 e. The summed E-state index contributed by atoms with van der Waals surface area (Å²) >= 11 is 0. The van der Waals surface area contributed by atoms with E-state index < -0.39 is 0 Å². The second-order valence-corrected chi connectivity index (χ2v) is 5.31. The minimum atomic E-state index is 0.178. The average Bonchev–Trinajstić information content (AvgIpc) is 2.64. The Kier molecular flexibility index (Phi) is 4.83. The van der Waals surface area contributed by atoms with E-state index in [1.54, 1.807) is 7.11 Å². The molecule has 1 aromatic rings. The van der Waals surface area contributed by atoms with Gasteiger partial charge in [-0.15, -0.1) is 0 Å². The summed E-state index contributed by atoms with van der Waals surface area (Å²) in [7, 11) is 3.72. The predicted octanol–water partition coefficient (Wildman–Crippen LogP) is 3.28. The number of ether oxygens (including phenoxy) is 1. The molecule has 1 aliphatic rings. The van der Waals surface area contributed by atoms with Crippen LogP contribution in [-0.2, 0) is 4.79 Å². The molecule has 0 saturated heterocycles. The van der Waals surface area contributed by atoms with Gasteiger partial charge in [0.05, 0.1) is 12.8 Å². The number of carbonyl (C=O) groups is 1. The fourth-order valence-electron chi connectivity index (χ4n) is 2.80. The van der Waals surface area contributed by atoms with Gasteiger partial charge in [-0.3, -0.25) is 4.79 Å². The molecule has 1 saturated carbocycles. The van der Waals surface area contributed by atoms with E-state index in [0.717, 1.165) is 37.2 Å². The second-order valence-electron chi connectivity index (χ2n) is 5.31. The normalized spacial score (nSPS) is 19.9. The maximum atomic E-state index is 12.1. The number of ketones is 1. The lowest BCUT2D eigenvalue weighted by Crippen LogP contribution is -2.30. The lowest BCUT2D eigenvalue weighted by Gasteiger charge is -2.25. The van der Waals surface area contributed by atoms with E-state index in [-0.39, 0.29) is 5.92 Å². The van der Waals surface area contributed by atoms with E-state index in [9.17, 15) is 4.79 Å². The van der Waals surface area contributed by atoms with Gasteiger partial charge >= 0.3 is 0 Å². The number of nitrogens with zero attached hydrogens (tertiary/aromatic N) is 1. The molecule has 0 spiro atoms. The molecule has 0 heterocycles. The van der Waals surface area contributed by atoms with Crippen molar-refractivity contribution in [1.29, 1.82) is 0 Å². The second kappa shape index (κ2) is 6.60. The molecule has 0 radical (unpaired) electrons. The van der Waals surface area contributed by atoms with Crippen LogP contribution in [0.15, 0.2) is 24.3 Å². The first-order valence-corrected chi connectivity index (χ1v) is 7.09. The van der Waals surface area contributed by atoms with Gasteiger partial charge in [0, 0.05) is 25.9 Å². The number of anilines is 1. The highest BCUT2D eigenvalue weighted by molar-refractivity contribution is 5.82. The van der Waals surface area contributed by atoms with Crippen molar-refractivity contribution in [3.8, 4) is 5.75 Å². The van der Waals surface area contributed by atoms with Crippen LogP contribution in [0.1, 0.15) is 32.1 Å². The highest BCUT2D eigenvalue weighted by Gasteiger charge is 2.22. The summed E-state index contributed by atoms with van der Waals surface area (Å²) in [5, 5.41) is 0. The first-order valence-electron chi connectivity index (χ1n) is 7.09. The molecule has 0 aromatic heterocycles. The summed E-state index contributed by atoms with van der Waals surface area (Å²) in [6.45, 7) is 0.791. The van der Waals surface area contributed by atoms with Crippen LogP contribution in [0.5, 0.6) is 5.75 Å². The van der Waals surface area contributed by atoms with Crippen LogP contribution >= 0.6 is 0 Å². The molecule has 0 N–H and O–H groups in total. The Balaban J connectivity index is 2.07. The monoisotopic (exact) mass is 261 g/mol. The minimum absolute atomic E-state index is 0.178. The fourth-order valence-corrected chi connectivity index (χ4v) is 2.80. The van der Waals surface area contributed by atoms with Crippen molar-refractivity contribution in [3.63, 3.8) is 0 Å². The van der Waals surface area contributed by atoms with Crippen LogP contribution in [0.25, 0.3) is 0 Å². The lowest BCUT2D eigenvalue weighted by atomic mass is 9.98. The number of rotatable bonds is 4. The number of Topliss-reactive ketones (excluding diaryl/α,β-unsaturated/α-hetero) is 1. The third-order valence-electron chi connectivity index (χ3n) is 3.92. The zero-order valence-electron chi connectivity index (χ0n) is 11.9. The molecule has 1 fully saturated rings. The van der Waals surface area contributed by atoms with Crippen LogP contribution in [-0.4, -0.2) is 26.5 Å². The van der Waals surface area contributed by atoms with Gasteiger partial charge in [0.1, 0.15) is 11.5 Å². The maximum Gasteiger partial charge on any atom is 0.142 e. The SMILES string of the molecule is COc1ccccc1N(C)CC1CCCCCC1=O. The topological polar surface area (TPSA) is 29.5 Å². The molecular formula is C16H23NO2. The number of hydrogen-bond donors (Lipinski definition) is 0. The first-order chi connectivity index (χ1) is 9.22. The van der Waals surface area contributed by atoms with Crippen LogP contribution in [0.4, 0.5) is 5.69 Å². The van der Waals surface area contributed by atoms with Crippen molar-refractivity contribution < 1.29 is 9.53 Å². The predicted molar refractivity (Wildman–Crippen MR) is 77.8 cm³/mol. The number of methoxy groups -OCH3 is 1. The van der Waals surface area contributed by atoms with Gasteiger partial charge in [0.15, 0.2) is 0 Å². The van der Waals surface area contributed by atoms with Crippen LogP contribution < -0.4 is 9.64 Å². The van der Waals surface area contributed by atoms with Crippen LogP contribution in [0, 0.1) is 5.92 Å². The van der Waals surface area contributed by atoms with Crippen molar-refractivity contribution in [2.24, 2.45) is 5.92 Å². The third-order valence-corrected chi connectivity index (χ3v) is 3.92. The Morgan fingerprint density at radius 1 is 1.26 bits per heavy atom. The average molecular weight is 261 g/mol. The molecule has 1 aliphatic carbocycles. The van der Waals surface area contributed by atoms with E-state index >= 15 is 0 Å². The molecule has 0 amide bonds. The van der Waals surface area contributed by atoms with Crippen LogP contribution in [0.2, 0.25) is 0 Å². The third kappa shape index (κ3) is 3.49. The van der Waals surface area contributed by atoms with Crippen molar-refractivity contribution >= 4 is 11.5 Å². The maximum absolute atomic E-state index is 12.1. The van der Waals surface area contributed by atoms with E-state index in [4.69, 9.17) is 4.74 Å². The van der Waals surface area contributed by atoms with E-state index in [2.05, 4.69) is 4.90 Å². The van der Waals surface area contributed by atoms with Gasteiger partial charge in [-0.1, -0.05) is 25.0 Å². The first kappa shape index (κ1) is 13.9. The molecule has 0 bridgehead atoms. The summed E-state index contributed by atoms with van der Waals surface area (Å²) in [6.07, 6.45) is 5.22. The van der Waals surface area contributed by atoms with Crippen molar-refractivity contribution in [3.05, 3.63) is 24.3 Å². The Morgan fingerprint density at radius 3 is 2.84 bits per heavy atom. The molecule has 3 heteroatoms. The molecule has 1 aromatic carbocycles. The highest BCUT2D eigenvalue weighted by atomic mass is 16.5. The molecule has 1 unspecified atom stereocenters. The smallest absolute Gasteiger partial charge is 0.142 e. The molecule has 3 nitrogen and oxygen atoms in total. The zero-order chi connectivity index (χ0) is 13.7. The number of benzene rings is 1. The number of carbonyl (C=O) groups excluding carboxylic acids is 1. The van der Waals surface area contributed by atoms with Gasteiger partial charge in [-0.05, 0) is 25.0 Å². The zero-order valence-corrected chi connectivity index (χ0v) is 11.9. The molecule has 1 atom stereocenters. The van der Waals surface area contributed by atoms with Crippen molar-refractivity contribution in [1.82, 2.24) is 0 Å². The van der Waals surface area contributed by atoms with E-state index in [1.807, 2.05) is 31.3 Å². The van der Waals surface area contributed by atoms with Gasteiger partial charge in [-0.2, -0.15) is 0 Å². The molecular weight excluding hydrogens is 238 g/mol.